The zero-order valence-electron chi connectivity index (χ0n) is 16.0. The van der Waals surface area contributed by atoms with Crippen LogP contribution >= 0.6 is 23.4 Å². The summed E-state index contributed by atoms with van der Waals surface area (Å²) in [7, 11) is 1.72. The molecule has 0 bridgehead atoms. The van der Waals surface area contributed by atoms with E-state index >= 15 is 0 Å². The molecular weight excluding hydrogens is 398 g/mol. The monoisotopic (exact) mass is 419 g/mol. The number of hydrogen-bond donors (Lipinski definition) is 0. The van der Waals surface area contributed by atoms with Crippen molar-refractivity contribution in [3.8, 4) is 0 Å². The summed E-state index contributed by atoms with van der Waals surface area (Å²) in [5, 5.41) is 1.52. The highest BCUT2D eigenvalue weighted by Gasteiger charge is 2.17. The molecule has 0 N–H and O–H groups in total. The molecule has 148 valence electrons. The summed E-state index contributed by atoms with van der Waals surface area (Å²) in [5.41, 5.74) is 0.438. The van der Waals surface area contributed by atoms with Crippen LogP contribution in [0.5, 0.6) is 0 Å². The normalized spacial score (nSPS) is 11.3. The Balaban J connectivity index is 1.83. The molecule has 1 aromatic carbocycles. The van der Waals surface area contributed by atoms with E-state index < -0.39 is 0 Å². The average Bonchev–Trinajstić information content (AvgIpc) is 3.15. The highest BCUT2D eigenvalue weighted by molar-refractivity contribution is 7.99. The molecule has 0 radical (unpaired) electrons. The summed E-state index contributed by atoms with van der Waals surface area (Å²) in [6, 6.07) is 8.69. The van der Waals surface area contributed by atoms with Gasteiger partial charge in [0.1, 0.15) is 5.76 Å². The third-order valence-electron chi connectivity index (χ3n) is 4.15. The van der Waals surface area contributed by atoms with Gasteiger partial charge in [-0.25, -0.2) is 4.98 Å². The second-order valence-electron chi connectivity index (χ2n) is 6.98. The molecule has 28 heavy (non-hydrogen) atoms. The molecule has 8 heteroatoms. The standard InChI is InChI=1S/C20H22ClN3O3S/c1-13(2)10-24-19(26)16-9-14(21)6-7-17(16)22-20(24)28-12-18(25)23(3)11-15-5-4-8-27-15/h4-9,13H,10-12H2,1-3H3. The third-order valence-corrected chi connectivity index (χ3v) is 5.35. The minimum atomic E-state index is -0.139. The number of fused-ring (bicyclic) bond motifs is 1. The van der Waals surface area contributed by atoms with Crippen LogP contribution in [0.1, 0.15) is 19.6 Å². The molecule has 6 nitrogen and oxygen atoms in total. The second-order valence-corrected chi connectivity index (χ2v) is 8.36. The number of furan rings is 1. The average molecular weight is 420 g/mol. The molecular formula is C20H22ClN3O3S. The van der Waals surface area contributed by atoms with Gasteiger partial charge in [0.2, 0.25) is 5.91 Å². The molecule has 2 heterocycles. The third kappa shape index (κ3) is 4.77. The van der Waals surface area contributed by atoms with Crippen LogP contribution < -0.4 is 5.56 Å². The lowest BCUT2D eigenvalue weighted by molar-refractivity contribution is -0.127. The van der Waals surface area contributed by atoms with Crippen LogP contribution in [0.15, 0.2) is 51.0 Å². The van der Waals surface area contributed by atoms with E-state index in [-0.39, 0.29) is 23.1 Å². The zero-order chi connectivity index (χ0) is 20.3. The van der Waals surface area contributed by atoms with E-state index in [1.807, 2.05) is 19.9 Å². The lowest BCUT2D eigenvalue weighted by Gasteiger charge is -2.17. The predicted molar refractivity (Wildman–Crippen MR) is 112 cm³/mol. The fourth-order valence-corrected chi connectivity index (χ4v) is 3.89. The van der Waals surface area contributed by atoms with Crippen molar-refractivity contribution < 1.29 is 9.21 Å². The number of nitrogens with zero attached hydrogens (tertiary/aromatic N) is 3. The summed E-state index contributed by atoms with van der Waals surface area (Å²) in [6.45, 7) is 4.98. The maximum absolute atomic E-state index is 13.0. The Morgan fingerprint density at radius 3 is 2.82 bits per heavy atom. The Morgan fingerprint density at radius 2 is 2.14 bits per heavy atom. The molecule has 0 aliphatic carbocycles. The van der Waals surface area contributed by atoms with E-state index in [0.29, 0.717) is 34.2 Å². The number of halogens is 1. The summed E-state index contributed by atoms with van der Waals surface area (Å²) < 4.78 is 6.92. The molecule has 0 atom stereocenters. The van der Waals surface area contributed by atoms with Crippen molar-refractivity contribution in [2.45, 2.75) is 32.1 Å². The number of amides is 1. The molecule has 0 aliphatic rings. The van der Waals surface area contributed by atoms with Gasteiger partial charge in [0.25, 0.3) is 5.56 Å². The van der Waals surface area contributed by atoms with Gasteiger partial charge in [-0.2, -0.15) is 0 Å². The Bertz CT molecular complexity index is 1030. The van der Waals surface area contributed by atoms with E-state index in [0.717, 1.165) is 5.76 Å². The first kappa shape index (κ1) is 20.5. The van der Waals surface area contributed by atoms with Gasteiger partial charge in [-0.05, 0) is 36.2 Å². The molecule has 3 aromatic rings. The van der Waals surface area contributed by atoms with Gasteiger partial charge in [-0.15, -0.1) is 0 Å². The topological polar surface area (TPSA) is 68.3 Å². The fraction of sp³-hybridized carbons (Fsp3) is 0.350. The first-order chi connectivity index (χ1) is 13.3. The molecule has 0 unspecified atom stereocenters. The van der Waals surface area contributed by atoms with Crippen LogP contribution in [0.2, 0.25) is 5.02 Å². The van der Waals surface area contributed by atoms with Crippen LogP contribution in [0.3, 0.4) is 0 Å². The van der Waals surface area contributed by atoms with Crippen molar-refractivity contribution >= 4 is 40.2 Å². The summed E-state index contributed by atoms with van der Waals surface area (Å²) in [6.07, 6.45) is 1.58. The Labute approximate surface area is 172 Å². The zero-order valence-corrected chi connectivity index (χ0v) is 17.6. The van der Waals surface area contributed by atoms with Crippen LogP contribution in [0.4, 0.5) is 0 Å². The molecule has 3 rings (SSSR count). The molecule has 0 spiro atoms. The molecule has 0 saturated heterocycles. The minimum Gasteiger partial charge on any atom is -0.467 e. The number of carbonyl (C=O) groups is 1. The number of thioether (sulfide) groups is 1. The van der Waals surface area contributed by atoms with Crippen LogP contribution in [0, 0.1) is 5.92 Å². The number of rotatable bonds is 7. The molecule has 0 saturated carbocycles. The smallest absolute Gasteiger partial charge is 0.262 e. The number of hydrogen-bond acceptors (Lipinski definition) is 5. The number of benzene rings is 1. The van der Waals surface area contributed by atoms with Crippen molar-refractivity contribution in [1.29, 1.82) is 0 Å². The Morgan fingerprint density at radius 1 is 1.36 bits per heavy atom. The van der Waals surface area contributed by atoms with E-state index in [9.17, 15) is 9.59 Å². The summed E-state index contributed by atoms with van der Waals surface area (Å²) in [5.74, 6) is 1.09. The fourth-order valence-electron chi connectivity index (χ4n) is 2.77. The van der Waals surface area contributed by atoms with Gasteiger partial charge < -0.3 is 9.32 Å². The summed E-state index contributed by atoms with van der Waals surface area (Å²) >= 11 is 7.31. The van der Waals surface area contributed by atoms with E-state index in [1.165, 1.54) is 11.8 Å². The van der Waals surface area contributed by atoms with Crippen LogP contribution in [0.25, 0.3) is 10.9 Å². The molecule has 1 amide bonds. The van der Waals surface area contributed by atoms with Gasteiger partial charge in [0.15, 0.2) is 5.16 Å². The lowest BCUT2D eigenvalue weighted by Crippen LogP contribution is -2.29. The van der Waals surface area contributed by atoms with Crippen molar-refractivity contribution in [2.24, 2.45) is 5.92 Å². The second kappa shape index (κ2) is 8.84. The van der Waals surface area contributed by atoms with Gasteiger partial charge >= 0.3 is 0 Å². The first-order valence-corrected chi connectivity index (χ1v) is 10.3. The van der Waals surface area contributed by atoms with Gasteiger partial charge in [0.05, 0.1) is 29.5 Å². The highest BCUT2D eigenvalue weighted by atomic mass is 35.5. The van der Waals surface area contributed by atoms with Crippen LogP contribution in [-0.2, 0) is 17.9 Å². The van der Waals surface area contributed by atoms with Crippen LogP contribution in [-0.4, -0.2) is 33.2 Å². The van der Waals surface area contributed by atoms with E-state index in [1.54, 1.807) is 47.0 Å². The quantitative estimate of drug-likeness (QED) is 0.427. The summed E-state index contributed by atoms with van der Waals surface area (Å²) in [4.78, 5) is 31.7. The highest BCUT2D eigenvalue weighted by Crippen LogP contribution is 2.21. The Hall–Kier alpha value is -2.25. The predicted octanol–water partition coefficient (Wildman–Crippen LogP) is 4.05. The largest absolute Gasteiger partial charge is 0.467 e. The maximum Gasteiger partial charge on any atom is 0.262 e. The van der Waals surface area contributed by atoms with E-state index in [2.05, 4.69) is 4.98 Å². The minimum absolute atomic E-state index is 0.0667. The molecule has 2 aromatic heterocycles. The van der Waals surface area contributed by atoms with Crippen molar-refractivity contribution in [1.82, 2.24) is 14.5 Å². The van der Waals surface area contributed by atoms with Gasteiger partial charge in [0, 0.05) is 18.6 Å². The molecule has 0 aliphatic heterocycles. The lowest BCUT2D eigenvalue weighted by atomic mass is 10.2. The van der Waals surface area contributed by atoms with Crippen molar-refractivity contribution in [3.63, 3.8) is 0 Å². The van der Waals surface area contributed by atoms with Crippen molar-refractivity contribution in [3.05, 3.63) is 57.7 Å². The van der Waals surface area contributed by atoms with E-state index in [4.69, 9.17) is 16.0 Å². The van der Waals surface area contributed by atoms with Crippen molar-refractivity contribution in [2.75, 3.05) is 12.8 Å². The first-order valence-electron chi connectivity index (χ1n) is 8.94. The Kier molecular flexibility index (Phi) is 6.46. The van der Waals surface area contributed by atoms with Gasteiger partial charge in [-0.3, -0.25) is 14.2 Å². The number of aromatic nitrogens is 2. The number of carbonyl (C=O) groups excluding carboxylic acids is 1. The molecule has 0 fully saturated rings. The maximum atomic E-state index is 13.0. The SMILES string of the molecule is CC(C)Cn1c(SCC(=O)N(C)Cc2ccco2)nc2ccc(Cl)cc2c1=O. The van der Waals surface area contributed by atoms with Gasteiger partial charge in [-0.1, -0.05) is 37.2 Å².